The van der Waals surface area contributed by atoms with Crippen LogP contribution in [0.1, 0.15) is 35.4 Å². The number of allylic oxidation sites excluding steroid dienone is 1. The molecule has 55 heavy (non-hydrogen) atoms. The summed E-state index contributed by atoms with van der Waals surface area (Å²) in [6.45, 7) is 2.40. The lowest BCUT2D eigenvalue weighted by molar-refractivity contribution is 0.677. The fourth-order valence-electron chi connectivity index (χ4n) is 9.01. The van der Waals surface area contributed by atoms with Crippen LogP contribution in [0.4, 0.5) is 0 Å². The van der Waals surface area contributed by atoms with Gasteiger partial charge in [-0.1, -0.05) is 146 Å². The molecule has 0 radical (unpaired) electrons. The van der Waals surface area contributed by atoms with E-state index in [0.29, 0.717) is 5.92 Å². The smallest absolute Gasteiger partial charge is 0.155 e. The molecule has 260 valence electrons. The highest BCUT2D eigenvalue weighted by molar-refractivity contribution is 7.18. The van der Waals surface area contributed by atoms with Crippen molar-refractivity contribution in [3.05, 3.63) is 199 Å². The molecule has 2 heterocycles. The van der Waals surface area contributed by atoms with E-state index in [1.165, 1.54) is 70.6 Å². The molecule has 0 spiro atoms. The summed E-state index contributed by atoms with van der Waals surface area (Å²) in [6.07, 6.45) is 4.79. The van der Waals surface area contributed by atoms with Crippen molar-refractivity contribution in [1.82, 2.24) is 9.55 Å². The molecule has 0 saturated carbocycles. The summed E-state index contributed by atoms with van der Waals surface area (Å²) in [4.78, 5) is 7.56. The van der Waals surface area contributed by atoms with Crippen LogP contribution in [0, 0.1) is 0 Å². The number of rotatable bonds is 5. The second-order valence-corrected chi connectivity index (χ2v) is 15.8. The summed E-state index contributed by atoms with van der Waals surface area (Å²) in [6, 6.07) is 64.3. The Morgan fingerprint density at radius 2 is 1.25 bits per heavy atom. The van der Waals surface area contributed by atoms with E-state index in [1.807, 2.05) is 11.3 Å². The fraction of sp³-hybridized carbons (Fsp3) is 0.0577. The third-order valence-corrected chi connectivity index (χ3v) is 12.8. The highest BCUT2D eigenvalue weighted by atomic mass is 32.1. The van der Waals surface area contributed by atoms with Gasteiger partial charge in [0.15, 0.2) is 5.82 Å². The maximum absolute atomic E-state index is 5.18. The van der Waals surface area contributed by atoms with Crippen LogP contribution >= 0.6 is 11.3 Å². The first-order valence-electron chi connectivity index (χ1n) is 19.1. The molecule has 0 fully saturated rings. The maximum Gasteiger partial charge on any atom is 0.155 e. The van der Waals surface area contributed by atoms with Gasteiger partial charge in [0.05, 0.1) is 15.9 Å². The summed E-state index contributed by atoms with van der Waals surface area (Å²) < 4.78 is 2.29. The third kappa shape index (κ3) is 5.19. The van der Waals surface area contributed by atoms with Crippen molar-refractivity contribution in [2.24, 2.45) is 0 Å². The van der Waals surface area contributed by atoms with Crippen LogP contribution in [0.2, 0.25) is 0 Å². The van der Waals surface area contributed by atoms with E-state index in [0.717, 1.165) is 27.4 Å². The van der Waals surface area contributed by atoms with Gasteiger partial charge in [-0.15, -0.1) is 11.3 Å². The lowest BCUT2D eigenvalue weighted by Gasteiger charge is -2.30. The number of nitrogens with zero attached hydrogens (tertiary/aromatic N) is 2. The zero-order valence-electron chi connectivity index (χ0n) is 30.4. The number of fused-ring (bicyclic) bond motifs is 5. The molecule has 1 aliphatic rings. The minimum atomic E-state index is 0.216. The Kier molecular flexibility index (Phi) is 7.43. The zero-order valence-corrected chi connectivity index (χ0v) is 31.2. The normalized spacial score (nSPS) is 15.3. The van der Waals surface area contributed by atoms with Gasteiger partial charge >= 0.3 is 0 Å². The molecule has 2 atom stereocenters. The zero-order chi connectivity index (χ0) is 36.5. The average molecular weight is 721 g/mol. The highest BCUT2D eigenvalue weighted by Gasteiger charge is 2.28. The fourth-order valence-corrected chi connectivity index (χ4v) is 10.00. The summed E-state index contributed by atoms with van der Waals surface area (Å²) >= 11 is 1.81. The quantitative estimate of drug-likeness (QED) is 0.162. The second-order valence-electron chi connectivity index (χ2n) is 14.7. The van der Waals surface area contributed by atoms with Crippen molar-refractivity contribution in [3.8, 4) is 38.0 Å². The molecule has 2 aromatic heterocycles. The average Bonchev–Trinajstić information content (AvgIpc) is 3.89. The Morgan fingerprint density at radius 3 is 2.16 bits per heavy atom. The van der Waals surface area contributed by atoms with Crippen molar-refractivity contribution in [1.29, 1.82) is 0 Å². The summed E-state index contributed by atoms with van der Waals surface area (Å²) in [5.41, 5.74) is 11.1. The Balaban J connectivity index is 1.14. The van der Waals surface area contributed by atoms with Gasteiger partial charge in [0.1, 0.15) is 0 Å². The number of hydrogen-bond acceptors (Lipinski definition) is 2. The first-order chi connectivity index (χ1) is 27.2. The SMILES string of the molecule is CC1c2ccccc2C=CC1c1c2ccccc2c(-c2ccc3ccccc3c2)c2ccc(-c3ccc(-c4nc5ccccc5n4-c4ccccc4)s3)cc12. The molecule has 0 amide bonds. The van der Waals surface area contributed by atoms with Crippen molar-refractivity contribution in [2.75, 3.05) is 0 Å². The largest absolute Gasteiger partial charge is 0.292 e. The number of para-hydroxylation sites is 3. The molecule has 0 N–H and O–H groups in total. The molecule has 0 saturated heterocycles. The summed E-state index contributed by atoms with van der Waals surface area (Å²) in [7, 11) is 0. The number of aromatic nitrogens is 2. The Morgan fingerprint density at radius 1 is 0.545 bits per heavy atom. The van der Waals surface area contributed by atoms with Crippen LogP contribution < -0.4 is 0 Å². The van der Waals surface area contributed by atoms with Crippen LogP contribution in [-0.2, 0) is 0 Å². The van der Waals surface area contributed by atoms with Crippen LogP contribution in [0.25, 0.3) is 87.4 Å². The standard InChI is InChI=1S/C52H36N2S/c1-33-40-18-8-7-14-35(40)25-27-41(33)51-43-20-10-9-19-42(43)50(38-24-23-34-13-5-6-15-36(34)31-38)44-28-26-37(32-45(44)51)48-29-30-49(55-48)52-53-46-21-11-12-22-47(46)54(52)39-16-3-2-4-17-39/h2-33,41H,1H3. The van der Waals surface area contributed by atoms with Crippen LogP contribution in [0.3, 0.4) is 0 Å². The highest BCUT2D eigenvalue weighted by Crippen LogP contribution is 2.49. The van der Waals surface area contributed by atoms with E-state index in [4.69, 9.17) is 4.98 Å². The Hall–Kier alpha value is -6.55. The second kappa shape index (κ2) is 12.8. The first kappa shape index (κ1) is 31.9. The monoisotopic (exact) mass is 720 g/mol. The summed E-state index contributed by atoms with van der Waals surface area (Å²) in [5.74, 6) is 1.50. The van der Waals surface area contributed by atoms with E-state index < -0.39 is 0 Å². The minimum absolute atomic E-state index is 0.216. The van der Waals surface area contributed by atoms with E-state index in [-0.39, 0.29) is 5.92 Å². The molecular weight excluding hydrogens is 685 g/mol. The maximum atomic E-state index is 5.18. The van der Waals surface area contributed by atoms with Crippen molar-refractivity contribution < 1.29 is 0 Å². The Labute approximate surface area is 324 Å². The van der Waals surface area contributed by atoms with Gasteiger partial charge in [-0.3, -0.25) is 4.57 Å². The van der Waals surface area contributed by atoms with Gasteiger partial charge in [-0.25, -0.2) is 4.98 Å². The van der Waals surface area contributed by atoms with Crippen molar-refractivity contribution in [2.45, 2.75) is 18.8 Å². The molecule has 3 heteroatoms. The van der Waals surface area contributed by atoms with Gasteiger partial charge in [0, 0.05) is 16.5 Å². The van der Waals surface area contributed by atoms with Gasteiger partial charge in [-0.05, 0) is 120 Å². The molecular formula is C52H36N2S. The first-order valence-corrected chi connectivity index (χ1v) is 19.9. The Bertz CT molecular complexity index is 3130. The third-order valence-electron chi connectivity index (χ3n) is 11.6. The van der Waals surface area contributed by atoms with Crippen molar-refractivity contribution >= 4 is 60.8 Å². The van der Waals surface area contributed by atoms with Gasteiger partial charge in [0.2, 0.25) is 0 Å². The number of imidazole rings is 1. The minimum Gasteiger partial charge on any atom is -0.292 e. The molecule has 2 nitrogen and oxygen atoms in total. The van der Waals surface area contributed by atoms with Crippen LogP contribution in [-0.4, -0.2) is 9.55 Å². The molecule has 11 rings (SSSR count). The number of benzene rings is 8. The van der Waals surface area contributed by atoms with E-state index in [2.05, 4.69) is 200 Å². The topological polar surface area (TPSA) is 17.8 Å². The van der Waals surface area contributed by atoms with Crippen LogP contribution in [0.15, 0.2) is 182 Å². The van der Waals surface area contributed by atoms with Gasteiger partial charge in [0.25, 0.3) is 0 Å². The van der Waals surface area contributed by atoms with E-state index in [9.17, 15) is 0 Å². The molecule has 10 aromatic rings. The molecule has 1 aliphatic carbocycles. The number of hydrogen-bond donors (Lipinski definition) is 0. The van der Waals surface area contributed by atoms with Crippen molar-refractivity contribution in [3.63, 3.8) is 0 Å². The lowest BCUT2D eigenvalue weighted by Crippen LogP contribution is -2.12. The van der Waals surface area contributed by atoms with E-state index >= 15 is 0 Å². The molecule has 0 aliphatic heterocycles. The number of thiophene rings is 1. The lowest BCUT2D eigenvalue weighted by atomic mass is 9.73. The van der Waals surface area contributed by atoms with Crippen LogP contribution in [0.5, 0.6) is 0 Å². The van der Waals surface area contributed by atoms with E-state index in [1.54, 1.807) is 0 Å². The summed E-state index contributed by atoms with van der Waals surface area (Å²) in [5, 5.41) is 7.73. The molecule has 8 aromatic carbocycles. The van der Waals surface area contributed by atoms with Gasteiger partial charge in [-0.2, -0.15) is 0 Å². The predicted molar refractivity (Wildman–Crippen MR) is 234 cm³/mol. The molecule has 0 bridgehead atoms. The van der Waals surface area contributed by atoms with Gasteiger partial charge < -0.3 is 0 Å². The predicted octanol–water partition coefficient (Wildman–Crippen LogP) is 14.5. The molecule has 2 unspecified atom stereocenters.